The summed E-state index contributed by atoms with van der Waals surface area (Å²) in [6.07, 6.45) is 4.91. The minimum Gasteiger partial charge on any atom is -0.202 e. The normalized spacial score (nSPS) is 18.7. The lowest BCUT2D eigenvalue weighted by Crippen LogP contribution is -2.25. The van der Waals surface area contributed by atoms with Crippen LogP contribution in [0.15, 0.2) is 36.4 Å². The molecule has 0 amide bonds. The van der Waals surface area contributed by atoms with Gasteiger partial charge in [-0.3, -0.25) is 0 Å². The smallest absolute Gasteiger partial charge is 0.202 e. The Morgan fingerprint density at radius 3 is 2.15 bits per heavy atom. The Bertz CT molecular complexity index is 908. The highest BCUT2D eigenvalue weighted by Crippen LogP contribution is 2.56. The van der Waals surface area contributed by atoms with Gasteiger partial charge in [0.05, 0.1) is 5.41 Å². The van der Waals surface area contributed by atoms with E-state index >= 15 is 0 Å². The third-order valence-electron chi connectivity index (χ3n) is 7.18. The maximum atomic E-state index is 2.54. The second-order valence-electron chi connectivity index (χ2n) is 8.81. The summed E-state index contributed by atoms with van der Waals surface area (Å²) in [6.45, 7) is 11.7. The molecule has 2 aromatic carbocycles. The maximum Gasteiger partial charge on any atom is 0.209 e. The van der Waals surface area contributed by atoms with Crippen molar-refractivity contribution in [3.8, 4) is 11.1 Å². The molecule has 4 rings (SSSR count). The molecular weight excluding hydrogens is 314 g/mol. The zero-order chi connectivity index (χ0) is 18.7. The summed E-state index contributed by atoms with van der Waals surface area (Å²) >= 11 is 0. The van der Waals surface area contributed by atoms with Crippen molar-refractivity contribution in [2.75, 3.05) is 7.05 Å². The molecule has 0 atom stereocenters. The monoisotopic (exact) mass is 346 g/mol. The molecule has 1 heteroatoms. The van der Waals surface area contributed by atoms with Crippen LogP contribution in [-0.2, 0) is 10.8 Å². The summed E-state index contributed by atoms with van der Waals surface area (Å²) in [7, 11) is 2.23. The van der Waals surface area contributed by atoms with Crippen LogP contribution in [0.3, 0.4) is 0 Å². The van der Waals surface area contributed by atoms with Crippen LogP contribution in [0.1, 0.15) is 77.0 Å². The second kappa shape index (κ2) is 5.81. The molecule has 0 N–H and O–H groups in total. The number of benzene rings is 2. The minimum absolute atomic E-state index is 0.106. The largest absolute Gasteiger partial charge is 0.209 e. The molecule has 0 radical (unpaired) electrons. The Hall–Kier alpha value is -1.89. The van der Waals surface area contributed by atoms with E-state index in [9.17, 15) is 0 Å². The van der Waals surface area contributed by atoms with Crippen molar-refractivity contribution < 1.29 is 4.58 Å². The van der Waals surface area contributed by atoms with Crippen LogP contribution in [0.25, 0.3) is 11.1 Å². The predicted octanol–water partition coefficient (Wildman–Crippen LogP) is 6.58. The first-order valence-electron chi connectivity index (χ1n) is 10.2. The molecule has 1 aliphatic carbocycles. The number of rotatable bonds is 4. The topological polar surface area (TPSA) is 3.01 Å². The Morgan fingerprint density at radius 1 is 0.846 bits per heavy atom. The highest BCUT2D eigenvalue weighted by molar-refractivity contribution is 5.95. The Labute approximate surface area is 158 Å². The Kier molecular flexibility index (Phi) is 3.91. The average molecular weight is 347 g/mol. The van der Waals surface area contributed by atoms with Crippen molar-refractivity contribution >= 4 is 11.4 Å². The molecule has 0 saturated carbocycles. The van der Waals surface area contributed by atoms with E-state index < -0.39 is 0 Å². The Morgan fingerprint density at radius 2 is 1.50 bits per heavy atom. The first-order valence-corrected chi connectivity index (χ1v) is 10.2. The third kappa shape index (κ3) is 2.06. The molecule has 26 heavy (non-hydrogen) atoms. The molecule has 2 aliphatic rings. The van der Waals surface area contributed by atoms with Crippen LogP contribution in [0.5, 0.6) is 0 Å². The lowest BCUT2D eigenvalue weighted by atomic mass is 9.71. The lowest BCUT2D eigenvalue weighted by molar-refractivity contribution is -0.403. The van der Waals surface area contributed by atoms with Crippen LogP contribution in [0.4, 0.5) is 5.69 Å². The van der Waals surface area contributed by atoms with Gasteiger partial charge in [-0.25, -0.2) is 4.58 Å². The van der Waals surface area contributed by atoms with Gasteiger partial charge in [0.2, 0.25) is 5.69 Å². The predicted molar refractivity (Wildman–Crippen MR) is 112 cm³/mol. The molecular formula is C25H32N+. The number of hydrogen-bond acceptors (Lipinski definition) is 0. The van der Waals surface area contributed by atoms with E-state index in [2.05, 4.69) is 82.6 Å². The van der Waals surface area contributed by atoms with E-state index in [1.165, 1.54) is 53.8 Å². The molecule has 1 aliphatic heterocycles. The Balaban J connectivity index is 2.05. The van der Waals surface area contributed by atoms with Gasteiger partial charge in [0, 0.05) is 24.0 Å². The van der Waals surface area contributed by atoms with Crippen molar-refractivity contribution in [3.63, 3.8) is 0 Å². The van der Waals surface area contributed by atoms with Crippen molar-refractivity contribution in [3.05, 3.63) is 53.1 Å². The molecule has 0 saturated heterocycles. The fourth-order valence-corrected chi connectivity index (χ4v) is 5.58. The van der Waals surface area contributed by atoms with Crippen molar-refractivity contribution in [2.24, 2.45) is 0 Å². The van der Waals surface area contributed by atoms with Gasteiger partial charge < -0.3 is 0 Å². The summed E-state index contributed by atoms with van der Waals surface area (Å²) < 4.78 is 2.42. The van der Waals surface area contributed by atoms with E-state index in [1.54, 1.807) is 11.1 Å². The number of nitrogens with zero attached hydrogens (tertiary/aromatic N) is 1. The first kappa shape index (κ1) is 17.5. The molecule has 0 fully saturated rings. The van der Waals surface area contributed by atoms with Gasteiger partial charge in [0.15, 0.2) is 5.71 Å². The first-order chi connectivity index (χ1) is 12.4. The molecule has 2 aromatic rings. The molecule has 0 unspecified atom stereocenters. The van der Waals surface area contributed by atoms with E-state index in [1.807, 2.05) is 0 Å². The SMILES string of the molecule is CCCC1(CCC)c2ccccc2-c2cc3c(cc21)[N+](C)=C(C)C3(C)C. The molecule has 0 aromatic heterocycles. The van der Waals surface area contributed by atoms with Crippen molar-refractivity contribution in [1.29, 1.82) is 0 Å². The summed E-state index contributed by atoms with van der Waals surface area (Å²) in [6, 6.07) is 14.2. The molecule has 136 valence electrons. The van der Waals surface area contributed by atoms with Crippen molar-refractivity contribution in [2.45, 2.75) is 71.1 Å². The molecule has 0 spiro atoms. The number of hydrogen-bond donors (Lipinski definition) is 0. The van der Waals surface area contributed by atoms with Gasteiger partial charge in [-0.15, -0.1) is 0 Å². The summed E-state index contributed by atoms with van der Waals surface area (Å²) in [5.41, 5.74) is 10.7. The van der Waals surface area contributed by atoms with Crippen LogP contribution >= 0.6 is 0 Å². The van der Waals surface area contributed by atoms with Crippen LogP contribution in [0, 0.1) is 0 Å². The molecule has 0 bridgehead atoms. The van der Waals surface area contributed by atoms with E-state index in [4.69, 9.17) is 0 Å². The van der Waals surface area contributed by atoms with Gasteiger partial charge in [-0.1, -0.05) is 51.0 Å². The van der Waals surface area contributed by atoms with Crippen LogP contribution in [0.2, 0.25) is 0 Å². The van der Waals surface area contributed by atoms with Gasteiger partial charge in [-0.05, 0) is 55.0 Å². The second-order valence-corrected chi connectivity index (χ2v) is 8.81. The summed E-state index contributed by atoms with van der Waals surface area (Å²) in [5.74, 6) is 0. The average Bonchev–Trinajstić information content (AvgIpc) is 2.98. The summed E-state index contributed by atoms with van der Waals surface area (Å²) in [4.78, 5) is 0. The highest BCUT2D eigenvalue weighted by atomic mass is 15.0. The summed E-state index contributed by atoms with van der Waals surface area (Å²) in [5, 5.41) is 0. The highest BCUT2D eigenvalue weighted by Gasteiger charge is 2.47. The molecule has 1 heterocycles. The van der Waals surface area contributed by atoms with E-state index in [0.717, 1.165) is 0 Å². The fourth-order valence-electron chi connectivity index (χ4n) is 5.58. The zero-order valence-corrected chi connectivity index (χ0v) is 17.2. The van der Waals surface area contributed by atoms with Gasteiger partial charge in [0.1, 0.15) is 7.05 Å². The maximum absolute atomic E-state index is 2.54. The fraction of sp³-hybridized carbons (Fsp3) is 0.480. The quantitative estimate of drug-likeness (QED) is 0.550. The third-order valence-corrected chi connectivity index (χ3v) is 7.18. The van der Waals surface area contributed by atoms with Gasteiger partial charge in [0.25, 0.3) is 0 Å². The van der Waals surface area contributed by atoms with E-state index in [-0.39, 0.29) is 10.8 Å². The van der Waals surface area contributed by atoms with Crippen molar-refractivity contribution in [1.82, 2.24) is 0 Å². The van der Waals surface area contributed by atoms with Gasteiger partial charge >= 0.3 is 0 Å². The van der Waals surface area contributed by atoms with E-state index in [0.29, 0.717) is 0 Å². The van der Waals surface area contributed by atoms with Crippen LogP contribution in [-0.4, -0.2) is 17.3 Å². The standard InChI is InChI=1S/C25H32N/c1-7-13-25(14-8-2)20-12-10-9-11-18(20)19-15-22-23(16-21(19)25)26(6)17(3)24(22,4)5/h9-12,15-16H,7-8,13-14H2,1-6H3/q+1. The zero-order valence-electron chi connectivity index (χ0n) is 17.2. The van der Waals surface area contributed by atoms with Crippen LogP contribution < -0.4 is 0 Å². The molecule has 1 nitrogen and oxygen atoms in total. The number of fused-ring (bicyclic) bond motifs is 4. The minimum atomic E-state index is 0.106. The van der Waals surface area contributed by atoms with Gasteiger partial charge in [-0.2, -0.15) is 0 Å². The lowest BCUT2D eigenvalue weighted by Gasteiger charge is -2.32.